The highest BCUT2D eigenvalue weighted by Gasteiger charge is 2.33. The maximum atomic E-state index is 12.8. The van der Waals surface area contributed by atoms with Gasteiger partial charge >= 0.3 is 12.2 Å². The van der Waals surface area contributed by atoms with Gasteiger partial charge in [-0.3, -0.25) is 10.2 Å². The van der Waals surface area contributed by atoms with Crippen molar-refractivity contribution in [3.05, 3.63) is 60.2 Å². The highest BCUT2D eigenvalue weighted by Crippen LogP contribution is 2.35. The number of hydrogen-bond acceptors (Lipinski definition) is 6. The molecule has 4 heterocycles. The van der Waals surface area contributed by atoms with E-state index in [9.17, 15) is 9.59 Å². The maximum Gasteiger partial charge on any atom is 0.414 e. The molecule has 256 valence electrons. The molecule has 0 aliphatic heterocycles. The van der Waals surface area contributed by atoms with Crippen LogP contribution in [0.25, 0.3) is 11.0 Å². The van der Waals surface area contributed by atoms with Crippen LogP contribution in [0.5, 0.6) is 0 Å². The molecule has 0 unspecified atom stereocenters. The van der Waals surface area contributed by atoms with E-state index in [2.05, 4.69) is 38.4 Å². The van der Waals surface area contributed by atoms with Gasteiger partial charge in [0.1, 0.15) is 11.2 Å². The molecule has 2 amide bonds. The van der Waals surface area contributed by atoms with Gasteiger partial charge in [0, 0.05) is 24.3 Å². The second kappa shape index (κ2) is 15.5. The smallest absolute Gasteiger partial charge is 0.414 e. The van der Waals surface area contributed by atoms with Crippen molar-refractivity contribution < 1.29 is 19.1 Å². The number of alkyl halides is 1. The molecular formula is C36H51BrN6O4. The molecule has 2 saturated carbocycles. The number of amides is 2. The average Bonchev–Trinajstić information content (AvgIpc) is 3.94. The van der Waals surface area contributed by atoms with E-state index < -0.39 is 17.3 Å². The summed E-state index contributed by atoms with van der Waals surface area (Å²) < 4.78 is 14.5. The molecule has 2 aliphatic carbocycles. The van der Waals surface area contributed by atoms with Gasteiger partial charge in [0.25, 0.3) is 0 Å². The summed E-state index contributed by atoms with van der Waals surface area (Å²) in [5, 5.41) is 13.1. The van der Waals surface area contributed by atoms with Crippen LogP contribution in [-0.4, -0.2) is 54.5 Å². The van der Waals surface area contributed by atoms with Crippen molar-refractivity contribution in [1.82, 2.24) is 19.2 Å². The molecule has 0 saturated heterocycles. The lowest BCUT2D eigenvalue weighted by atomic mass is 10.2. The Morgan fingerprint density at radius 1 is 0.830 bits per heavy atom. The van der Waals surface area contributed by atoms with Gasteiger partial charge in [-0.25, -0.2) is 18.6 Å². The number of anilines is 2. The summed E-state index contributed by atoms with van der Waals surface area (Å²) in [6, 6.07) is 11.7. The molecule has 0 atom stereocenters. The molecule has 47 heavy (non-hydrogen) atoms. The summed E-state index contributed by atoms with van der Waals surface area (Å²) in [7, 11) is 0. The van der Waals surface area contributed by atoms with Crippen LogP contribution in [0.1, 0.15) is 92.5 Å². The number of nitrogens with one attached hydrogen (secondary N) is 1. The number of carbonyl (C=O) groups is 2. The highest BCUT2D eigenvalue weighted by atomic mass is 79.9. The van der Waals surface area contributed by atoms with Crippen LogP contribution >= 0.6 is 15.9 Å². The maximum absolute atomic E-state index is 12.8. The van der Waals surface area contributed by atoms with Crippen LogP contribution in [0.4, 0.5) is 21.0 Å². The Balaban J connectivity index is 0.000000187. The lowest BCUT2D eigenvalue weighted by Gasteiger charge is -2.27. The van der Waals surface area contributed by atoms with Crippen molar-refractivity contribution in [1.29, 1.82) is 0 Å². The van der Waals surface area contributed by atoms with E-state index in [0.717, 1.165) is 52.6 Å². The van der Waals surface area contributed by atoms with E-state index in [4.69, 9.17) is 9.47 Å². The topological polar surface area (TPSA) is 102 Å². The second-order valence-corrected chi connectivity index (χ2v) is 14.8. The molecule has 4 aromatic rings. The number of aryl methyl sites for hydroxylation is 2. The third-order valence-electron chi connectivity index (χ3n) is 7.43. The standard InChI is InChI=1S/C18H25N3O2.C14H19N3O2.C4H7Br/c1-5-14-16(15-8-6-7-11-21(15)19-14)20(12-13-9-10-13)17(22)23-18(2,3)4;1-5-10-12(15-13(18)19-14(2,3)4)11-8-6-7-9-17(11)16-10;5-3-4-1-2-4/h6-8,11,13H,5,9-10,12H2,1-4H3;6-9H,5H2,1-4H3,(H,15,18);4H,1-3H2. The predicted molar refractivity (Wildman–Crippen MR) is 192 cm³/mol. The zero-order valence-corrected chi connectivity index (χ0v) is 30.8. The lowest BCUT2D eigenvalue weighted by molar-refractivity contribution is 0.0576. The van der Waals surface area contributed by atoms with Crippen LogP contribution in [0.2, 0.25) is 0 Å². The van der Waals surface area contributed by atoms with E-state index in [1.165, 1.54) is 31.0 Å². The molecule has 2 aliphatic rings. The van der Waals surface area contributed by atoms with Crippen LogP contribution in [0, 0.1) is 11.8 Å². The molecule has 2 fully saturated rings. The number of ether oxygens (including phenoxy) is 2. The van der Waals surface area contributed by atoms with E-state index >= 15 is 0 Å². The minimum atomic E-state index is -0.514. The number of pyridine rings is 2. The van der Waals surface area contributed by atoms with Gasteiger partial charge < -0.3 is 9.47 Å². The van der Waals surface area contributed by atoms with Crippen molar-refractivity contribution in [2.45, 2.75) is 105 Å². The first kappa shape index (κ1) is 36.2. The van der Waals surface area contributed by atoms with Crippen LogP contribution in [0.15, 0.2) is 48.8 Å². The number of nitrogens with zero attached hydrogens (tertiary/aromatic N) is 5. The Labute approximate surface area is 287 Å². The Morgan fingerprint density at radius 3 is 1.85 bits per heavy atom. The zero-order valence-electron chi connectivity index (χ0n) is 29.2. The van der Waals surface area contributed by atoms with Gasteiger partial charge in [-0.1, -0.05) is 41.9 Å². The molecule has 0 bridgehead atoms. The third kappa shape index (κ3) is 10.7. The largest absolute Gasteiger partial charge is 0.444 e. The molecule has 0 radical (unpaired) electrons. The number of rotatable bonds is 7. The SMILES string of the molecule is BrCC1CC1.CCc1nn2ccccc2c1N(CC1CC1)C(=O)OC(C)(C)C.CCc1nn2ccccc2c1NC(=O)OC(C)(C)C. The first-order chi connectivity index (χ1) is 22.2. The Kier molecular flexibility index (Phi) is 12.0. The van der Waals surface area contributed by atoms with Gasteiger partial charge in [-0.15, -0.1) is 0 Å². The van der Waals surface area contributed by atoms with Crippen LogP contribution < -0.4 is 10.2 Å². The molecule has 1 N–H and O–H groups in total. The summed E-state index contributed by atoms with van der Waals surface area (Å²) in [5.74, 6) is 1.63. The van der Waals surface area contributed by atoms with Gasteiger partial charge in [0.05, 0.1) is 33.8 Å². The lowest BCUT2D eigenvalue weighted by Crippen LogP contribution is -2.38. The minimum absolute atomic E-state index is 0.280. The van der Waals surface area contributed by atoms with Gasteiger partial charge in [0.2, 0.25) is 0 Å². The molecule has 10 nitrogen and oxygen atoms in total. The first-order valence-corrected chi connectivity index (χ1v) is 17.8. The summed E-state index contributed by atoms with van der Waals surface area (Å²) >= 11 is 3.38. The van der Waals surface area contributed by atoms with Gasteiger partial charge in [-0.05, 0) is 116 Å². The summed E-state index contributed by atoms with van der Waals surface area (Å²) in [6.07, 6.45) is 9.85. The zero-order chi connectivity index (χ0) is 34.4. The van der Waals surface area contributed by atoms with E-state index in [0.29, 0.717) is 12.5 Å². The highest BCUT2D eigenvalue weighted by molar-refractivity contribution is 9.09. The molecule has 0 spiro atoms. The molecule has 0 aromatic carbocycles. The third-order valence-corrected chi connectivity index (χ3v) is 8.34. The van der Waals surface area contributed by atoms with Crippen LogP contribution in [-0.2, 0) is 22.3 Å². The van der Waals surface area contributed by atoms with Crippen molar-refractivity contribution in [2.75, 3.05) is 22.1 Å². The van der Waals surface area contributed by atoms with E-state index in [-0.39, 0.29) is 6.09 Å². The van der Waals surface area contributed by atoms with Gasteiger partial charge in [0.15, 0.2) is 0 Å². The molecule has 4 aromatic heterocycles. The van der Waals surface area contributed by atoms with Crippen molar-refractivity contribution in [2.24, 2.45) is 11.8 Å². The Morgan fingerprint density at radius 2 is 1.36 bits per heavy atom. The van der Waals surface area contributed by atoms with Crippen LogP contribution in [0.3, 0.4) is 0 Å². The molecule has 6 rings (SSSR count). The van der Waals surface area contributed by atoms with Crippen molar-refractivity contribution in [3.63, 3.8) is 0 Å². The predicted octanol–water partition coefficient (Wildman–Crippen LogP) is 9.08. The number of fused-ring (bicyclic) bond motifs is 2. The van der Waals surface area contributed by atoms with Crippen molar-refractivity contribution in [3.8, 4) is 0 Å². The Bertz CT molecular complexity index is 1640. The summed E-state index contributed by atoms with van der Waals surface area (Å²) in [6.45, 7) is 16.0. The number of carbonyl (C=O) groups excluding carboxylic acids is 2. The molecule has 11 heteroatoms. The monoisotopic (exact) mass is 710 g/mol. The fourth-order valence-electron chi connectivity index (χ4n) is 4.81. The van der Waals surface area contributed by atoms with Crippen molar-refractivity contribution >= 4 is 50.5 Å². The number of hydrogen-bond donors (Lipinski definition) is 1. The fourth-order valence-corrected chi connectivity index (χ4v) is 5.46. The van der Waals surface area contributed by atoms with E-state index in [1.807, 2.05) is 102 Å². The minimum Gasteiger partial charge on any atom is -0.444 e. The number of halogens is 1. The Hall–Kier alpha value is -3.60. The van der Waals surface area contributed by atoms with E-state index in [1.54, 1.807) is 9.42 Å². The first-order valence-electron chi connectivity index (χ1n) is 16.7. The average molecular weight is 712 g/mol. The molecular weight excluding hydrogens is 660 g/mol. The summed E-state index contributed by atoms with van der Waals surface area (Å²) in [5.41, 5.74) is 4.20. The number of aromatic nitrogens is 4. The summed E-state index contributed by atoms with van der Waals surface area (Å²) in [4.78, 5) is 26.5. The normalized spacial score (nSPS) is 14.5. The fraction of sp³-hybridized carbons (Fsp3) is 0.556. The van der Waals surface area contributed by atoms with Gasteiger partial charge in [-0.2, -0.15) is 10.2 Å². The quantitative estimate of drug-likeness (QED) is 0.192. The second-order valence-electron chi connectivity index (χ2n) is 14.1.